The molecule has 7 heteroatoms. The zero-order valence-corrected chi connectivity index (χ0v) is 11.6. The smallest absolute Gasteiger partial charge is 0.160 e. The Bertz CT molecular complexity index is 399. The van der Waals surface area contributed by atoms with Gasteiger partial charge in [0.1, 0.15) is 9.84 Å². The van der Waals surface area contributed by atoms with Gasteiger partial charge >= 0.3 is 0 Å². The fraction of sp³-hybridized carbons (Fsp3) is 0.500. The summed E-state index contributed by atoms with van der Waals surface area (Å²) in [7, 11) is -2.90. The summed E-state index contributed by atoms with van der Waals surface area (Å²) in [6.45, 7) is 0. The van der Waals surface area contributed by atoms with E-state index in [0.29, 0.717) is 6.42 Å². The molecule has 1 heterocycles. The van der Waals surface area contributed by atoms with Crippen LogP contribution in [-0.2, 0) is 16.3 Å². The third-order valence-corrected chi connectivity index (χ3v) is 4.56. The number of sulfone groups is 1. The van der Waals surface area contributed by atoms with Gasteiger partial charge in [-0.25, -0.2) is 13.4 Å². The lowest BCUT2D eigenvalue weighted by molar-refractivity contribution is 0.601. The van der Waals surface area contributed by atoms with Crippen molar-refractivity contribution in [3.63, 3.8) is 0 Å². The van der Waals surface area contributed by atoms with E-state index in [4.69, 9.17) is 0 Å². The van der Waals surface area contributed by atoms with E-state index in [-0.39, 0.29) is 5.75 Å². The molecule has 0 bridgehead atoms. The summed E-state index contributed by atoms with van der Waals surface area (Å²) in [5.41, 5.74) is 0.794. The highest BCUT2D eigenvalue weighted by atomic mass is 79.9. The van der Waals surface area contributed by atoms with Crippen LogP contribution in [0.1, 0.15) is 5.69 Å². The second-order valence-corrected chi connectivity index (χ2v) is 8.42. The number of nitrogens with zero attached hydrogens (tertiary/aromatic N) is 1. The maximum atomic E-state index is 10.9. The van der Waals surface area contributed by atoms with E-state index in [1.807, 2.05) is 0 Å². The molecule has 0 amide bonds. The van der Waals surface area contributed by atoms with Gasteiger partial charge in [-0.15, -0.1) is 0 Å². The predicted octanol–water partition coefficient (Wildman–Crippen LogP) is 2.26. The molecule has 74 valence electrons. The van der Waals surface area contributed by atoms with Crippen LogP contribution in [-0.4, -0.2) is 25.4 Å². The Morgan fingerprint density at radius 2 is 2.08 bits per heavy atom. The molecule has 0 aliphatic carbocycles. The zero-order valence-electron chi connectivity index (χ0n) is 6.75. The lowest BCUT2D eigenvalue weighted by atomic mass is 10.4. The molecule has 0 spiro atoms. The molecule has 0 unspecified atom stereocenters. The average molecular weight is 349 g/mol. The lowest BCUT2D eigenvalue weighted by Crippen LogP contribution is -2.06. The number of hydrogen-bond donors (Lipinski definition) is 0. The fourth-order valence-electron chi connectivity index (χ4n) is 0.742. The molecule has 0 N–H and O–H groups in total. The minimum Gasteiger partial charge on any atom is -0.233 e. The van der Waals surface area contributed by atoms with Gasteiger partial charge in [-0.3, -0.25) is 0 Å². The van der Waals surface area contributed by atoms with Crippen LogP contribution in [0.3, 0.4) is 0 Å². The van der Waals surface area contributed by atoms with Gasteiger partial charge in [0.15, 0.2) is 3.92 Å². The van der Waals surface area contributed by atoms with Crippen molar-refractivity contribution in [3.05, 3.63) is 13.4 Å². The fourth-order valence-corrected chi connectivity index (χ4v) is 3.97. The molecule has 0 aliphatic rings. The molecule has 1 aromatic rings. The zero-order chi connectivity index (χ0) is 10.1. The summed E-state index contributed by atoms with van der Waals surface area (Å²) >= 11 is 7.99. The molecule has 1 aromatic heterocycles. The first-order chi connectivity index (χ1) is 5.88. The van der Waals surface area contributed by atoms with Gasteiger partial charge in [-0.05, 0) is 31.9 Å². The Morgan fingerprint density at radius 1 is 1.46 bits per heavy atom. The van der Waals surface area contributed by atoms with Crippen molar-refractivity contribution in [2.24, 2.45) is 0 Å². The van der Waals surface area contributed by atoms with E-state index in [1.54, 1.807) is 0 Å². The van der Waals surface area contributed by atoms with E-state index < -0.39 is 9.84 Å². The Balaban J connectivity index is 2.70. The Kier molecular flexibility index (Phi) is 3.91. The standard InChI is InChI=1S/C6H7Br2NO2S2/c1-13(10,11)3-2-4-5(7)12-6(8)9-4/h2-3H2,1H3. The molecule has 3 nitrogen and oxygen atoms in total. The molecule has 0 atom stereocenters. The molecular weight excluding hydrogens is 342 g/mol. The highest BCUT2D eigenvalue weighted by Crippen LogP contribution is 2.28. The SMILES string of the molecule is CS(=O)(=O)CCc1nc(Br)sc1Br. The van der Waals surface area contributed by atoms with Crippen LogP contribution in [0.15, 0.2) is 7.70 Å². The van der Waals surface area contributed by atoms with Crippen molar-refractivity contribution in [1.29, 1.82) is 0 Å². The molecule has 1 rings (SSSR count). The summed E-state index contributed by atoms with van der Waals surface area (Å²) in [4.78, 5) is 4.14. The molecule has 0 saturated carbocycles. The first-order valence-electron chi connectivity index (χ1n) is 3.37. The number of thiazole rings is 1. The van der Waals surface area contributed by atoms with Gasteiger partial charge in [0.2, 0.25) is 0 Å². The molecular formula is C6H7Br2NO2S2. The highest BCUT2D eigenvalue weighted by molar-refractivity contribution is 9.12. The third-order valence-electron chi connectivity index (χ3n) is 1.33. The lowest BCUT2D eigenvalue weighted by Gasteiger charge is -1.95. The van der Waals surface area contributed by atoms with Crippen LogP contribution in [0.25, 0.3) is 0 Å². The van der Waals surface area contributed by atoms with Gasteiger partial charge in [0.25, 0.3) is 0 Å². The quantitative estimate of drug-likeness (QED) is 0.841. The van der Waals surface area contributed by atoms with E-state index in [1.165, 1.54) is 17.6 Å². The normalized spacial score (nSPS) is 11.9. The van der Waals surface area contributed by atoms with E-state index in [2.05, 4.69) is 36.8 Å². The summed E-state index contributed by atoms with van der Waals surface area (Å²) in [5.74, 6) is 0.141. The maximum Gasteiger partial charge on any atom is 0.160 e. The predicted molar refractivity (Wildman–Crippen MR) is 60.9 cm³/mol. The Hall–Kier alpha value is 0.540. The van der Waals surface area contributed by atoms with Gasteiger partial charge < -0.3 is 0 Å². The van der Waals surface area contributed by atoms with Crippen molar-refractivity contribution in [2.75, 3.05) is 12.0 Å². The van der Waals surface area contributed by atoms with Crippen molar-refractivity contribution in [1.82, 2.24) is 4.98 Å². The monoisotopic (exact) mass is 347 g/mol. The minimum atomic E-state index is -2.90. The maximum absolute atomic E-state index is 10.9. The number of aryl methyl sites for hydroxylation is 1. The average Bonchev–Trinajstić information content (AvgIpc) is 2.24. The second kappa shape index (κ2) is 4.37. The largest absolute Gasteiger partial charge is 0.233 e. The number of hydrogen-bond acceptors (Lipinski definition) is 4. The van der Waals surface area contributed by atoms with Crippen LogP contribution in [0.4, 0.5) is 0 Å². The molecule has 0 fully saturated rings. The summed E-state index contributed by atoms with van der Waals surface area (Å²) < 4.78 is 23.4. The topological polar surface area (TPSA) is 47.0 Å². The van der Waals surface area contributed by atoms with Gasteiger partial charge in [-0.1, -0.05) is 11.3 Å². The molecule has 0 aromatic carbocycles. The molecule has 0 radical (unpaired) electrons. The van der Waals surface area contributed by atoms with Crippen molar-refractivity contribution >= 4 is 53.0 Å². The minimum absolute atomic E-state index is 0.141. The summed E-state index contributed by atoms with van der Waals surface area (Å²) in [6.07, 6.45) is 1.68. The van der Waals surface area contributed by atoms with Crippen molar-refractivity contribution in [2.45, 2.75) is 6.42 Å². The van der Waals surface area contributed by atoms with Crippen LogP contribution in [0, 0.1) is 0 Å². The Labute approximate surface area is 97.7 Å². The van der Waals surface area contributed by atoms with Crippen molar-refractivity contribution in [3.8, 4) is 0 Å². The van der Waals surface area contributed by atoms with Crippen molar-refractivity contribution < 1.29 is 8.42 Å². The van der Waals surface area contributed by atoms with Gasteiger partial charge in [0.05, 0.1) is 15.2 Å². The second-order valence-electron chi connectivity index (χ2n) is 2.57. The van der Waals surface area contributed by atoms with Crippen LogP contribution < -0.4 is 0 Å². The number of aromatic nitrogens is 1. The van der Waals surface area contributed by atoms with Gasteiger partial charge in [0, 0.05) is 12.7 Å². The van der Waals surface area contributed by atoms with Crippen LogP contribution in [0.2, 0.25) is 0 Å². The molecule has 0 saturated heterocycles. The van der Waals surface area contributed by atoms with Gasteiger partial charge in [-0.2, -0.15) is 0 Å². The molecule has 0 aliphatic heterocycles. The summed E-state index contributed by atoms with van der Waals surface area (Å²) in [5, 5.41) is 0. The van der Waals surface area contributed by atoms with E-state index in [9.17, 15) is 8.42 Å². The third kappa shape index (κ3) is 4.05. The van der Waals surface area contributed by atoms with Crippen LogP contribution >= 0.6 is 43.2 Å². The number of rotatable bonds is 3. The van der Waals surface area contributed by atoms with Crippen LogP contribution in [0.5, 0.6) is 0 Å². The van der Waals surface area contributed by atoms with E-state index in [0.717, 1.165) is 13.4 Å². The Morgan fingerprint density at radius 3 is 2.46 bits per heavy atom. The van der Waals surface area contributed by atoms with E-state index >= 15 is 0 Å². The first-order valence-corrected chi connectivity index (χ1v) is 7.83. The highest BCUT2D eigenvalue weighted by Gasteiger charge is 2.10. The number of halogens is 2. The molecule has 13 heavy (non-hydrogen) atoms. The summed E-state index contributed by atoms with van der Waals surface area (Å²) in [6, 6.07) is 0. The first kappa shape index (κ1) is 11.6.